The number of nitrogens with one attached hydrogen (secondary N) is 2. The average Bonchev–Trinajstić information content (AvgIpc) is 2.43. The number of ether oxygens (including phenoxy) is 1. The maximum Gasteiger partial charge on any atom is 0.314 e. The van der Waals surface area contributed by atoms with Crippen molar-refractivity contribution in [2.45, 2.75) is 25.7 Å². The van der Waals surface area contributed by atoms with Gasteiger partial charge in [0.1, 0.15) is 0 Å². The number of nitrogens with zero attached hydrogens (tertiary/aromatic N) is 1. The molecule has 116 valence electrons. The zero-order valence-electron chi connectivity index (χ0n) is 11.9. The second-order valence-electron chi connectivity index (χ2n) is 4.84. The van der Waals surface area contributed by atoms with Gasteiger partial charge in [0.05, 0.1) is 13.2 Å². The van der Waals surface area contributed by atoms with Crippen molar-refractivity contribution in [2.24, 2.45) is 0 Å². The van der Waals surface area contributed by atoms with E-state index < -0.39 is 5.97 Å². The third-order valence-corrected chi connectivity index (χ3v) is 3.17. The van der Waals surface area contributed by atoms with Gasteiger partial charge in [-0.05, 0) is 12.8 Å². The summed E-state index contributed by atoms with van der Waals surface area (Å²) in [5.41, 5.74) is 0. The monoisotopic (exact) mass is 287 g/mol. The summed E-state index contributed by atoms with van der Waals surface area (Å²) in [6.07, 6.45) is 2.49. The van der Waals surface area contributed by atoms with Crippen LogP contribution in [0.25, 0.3) is 0 Å². The van der Waals surface area contributed by atoms with Crippen LogP contribution in [0.4, 0.5) is 4.79 Å². The third kappa shape index (κ3) is 8.71. The second kappa shape index (κ2) is 10.4. The maximum atomic E-state index is 11.5. The normalized spacial score (nSPS) is 15.8. The summed E-state index contributed by atoms with van der Waals surface area (Å²) in [4.78, 5) is 24.0. The summed E-state index contributed by atoms with van der Waals surface area (Å²) in [5.74, 6) is -0.765. The number of unbranched alkanes of at least 4 members (excludes halogenated alkanes) is 2. The Morgan fingerprint density at radius 2 is 1.75 bits per heavy atom. The minimum absolute atomic E-state index is 0.156. The number of hydrogen-bond donors (Lipinski definition) is 3. The number of carbonyl (C=O) groups excluding carboxylic acids is 1. The molecule has 20 heavy (non-hydrogen) atoms. The van der Waals surface area contributed by atoms with Gasteiger partial charge >= 0.3 is 12.0 Å². The molecule has 1 aliphatic rings. The van der Waals surface area contributed by atoms with Crippen molar-refractivity contribution < 1.29 is 19.4 Å². The van der Waals surface area contributed by atoms with E-state index >= 15 is 0 Å². The molecule has 1 saturated heterocycles. The summed E-state index contributed by atoms with van der Waals surface area (Å²) >= 11 is 0. The van der Waals surface area contributed by atoms with E-state index in [1.54, 1.807) is 0 Å². The van der Waals surface area contributed by atoms with Crippen molar-refractivity contribution in [2.75, 3.05) is 45.9 Å². The van der Waals surface area contributed by atoms with Crippen LogP contribution in [0.15, 0.2) is 0 Å². The molecule has 7 nitrogen and oxygen atoms in total. The number of carbonyl (C=O) groups is 2. The van der Waals surface area contributed by atoms with Crippen molar-refractivity contribution in [3.05, 3.63) is 0 Å². The molecule has 0 radical (unpaired) electrons. The molecule has 2 amide bonds. The molecule has 0 aromatic rings. The Bertz CT molecular complexity index is 293. The van der Waals surface area contributed by atoms with Crippen LogP contribution in [0.3, 0.4) is 0 Å². The number of carboxylic acid groups (broad SMARTS) is 1. The fraction of sp³-hybridized carbons (Fsp3) is 0.846. The van der Waals surface area contributed by atoms with Gasteiger partial charge in [-0.25, -0.2) is 4.79 Å². The maximum absolute atomic E-state index is 11.5. The number of morpholine rings is 1. The first kappa shape index (κ1) is 16.7. The van der Waals surface area contributed by atoms with Crippen molar-refractivity contribution in [1.29, 1.82) is 0 Å². The molecule has 0 aromatic heterocycles. The summed E-state index contributed by atoms with van der Waals surface area (Å²) < 4.78 is 5.25. The first-order valence-electron chi connectivity index (χ1n) is 7.22. The van der Waals surface area contributed by atoms with Gasteiger partial charge < -0.3 is 20.5 Å². The van der Waals surface area contributed by atoms with E-state index in [2.05, 4.69) is 15.5 Å². The van der Waals surface area contributed by atoms with Crippen molar-refractivity contribution in [3.63, 3.8) is 0 Å². The Morgan fingerprint density at radius 1 is 1.05 bits per heavy atom. The fourth-order valence-electron chi connectivity index (χ4n) is 1.99. The van der Waals surface area contributed by atoms with Crippen LogP contribution in [-0.2, 0) is 9.53 Å². The van der Waals surface area contributed by atoms with Gasteiger partial charge in [0.15, 0.2) is 0 Å². The zero-order chi connectivity index (χ0) is 14.6. The lowest BCUT2D eigenvalue weighted by atomic mass is 10.2. The Kier molecular flexibility index (Phi) is 8.73. The number of rotatable bonds is 9. The Morgan fingerprint density at radius 3 is 2.45 bits per heavy atom. The Hall–Kier alpha value is -1.34. The zero-order valence-corrected chi connectivity index (χ0v) is 11.9. The van der Waals surface area contributed by atoms with Gasteiger partial charge in [0.25, 0.3) is 0 Å². The predicted molar refractivity (Wildman–Crippen MR) is 74.8 cm³/mol. The largest absolute Gasteiger partial charge is 0.481 e. The van der Waals surface area contributed by atoms with Crippen LogP contribution in [0.5, 0.6) is 0 Å². The summed E-state index contributed by atoms with van der Waals surface area (Å²) in [6, 6.07) is -0.156. The van der Waals surface area contributed by atoms with Gasteiger partial charge in [-0.15, -0.1) is 0 Å². The van der Waals surface area contributed by atoms with Gasteiger partial charge in [-0.1, -0.05) is 6.42 Å². The topological polar surface area (TPSA) is 90.9 Å². The van der Waals surface area contributed by atoms with Crippen LogP contribution in [0.1, 0.15) is 25.7 Å². The van der Waals surface area contributed by atoms with Crippen LogP contribution in [0.2, 0.25) is 0 Å². The molecule has 0 unspecified atom stereocenters. The van der Waals surface area contributed by atoms with Crippen LogP contribution in [-0.4, -0.2) is 67.9 Å². The standard InChI is InChI=1S/C13H25N3O4/c17-12(18)4-2-1-3-5-14-13(19)15-6-7-16-8-10-20-11-9-16/h1-11H2,(H,17,18)(H2,14,15,19). The molecular formula is C13H25N3O4. The van der Waals surface area contributed by atoms with Crippen molar-refractivity contribution >= 4 is 12.0 Å². The molecule has 1 aliphatic heterocycles. The lowest BCUT2D eigenvalue weighted by Crippen LogP contribution is -2.43. The minimum atomic E-state index is -0.765. The molecule has 0 aromatic carbocycles. The minimum Gasteiger partial charge on any atom is -0.481 e. The molecule has 0 bridgehead atoms. The van der Waals surface area contributed by atoms with E-state index in [1.165, 1.54) is 0 Å². The van der Waals surface area contributed by atoms with E-state index in [4.69, 9.17) is 9.84 Å². The van der Waals surface area contributed by atoms with Gasteiger partial charge in [0.2, 0.25) is 0 Å². The number of urea groups is 1. The smallest absolute Gasteiger partial charge is 0.314 e. The van der Waals surface area contributed by atoms with Crippen molar-refractivity contribution in [1.82, 2.24) is 15.5 Å². The van der Waals surface area contributed by atoms with E-state index in [0.717, 1.165) is 45.7 Å². The highest BCUT2D eigenvalue weighted by Gasteiger charge is 2.09. The van der Waals surface area contributed by atoms with Gasteiger partial charge in [0, 0.05) is 39.1 Å². The average molecular weight is 287 g/mol. The van der Waals surface area contributed by atoms with Crippen molar-refractivity contribution in [3.8, 4) is 0 Å². The van der Waals surface area contributed by atoms with Crippen LogP contribution in [0, 0.1) is 0 Å². The Balaban J connectivity index is 1.88. The molecule has 0 saturated carbocycles. The Labute approximate surface area is 119 Å². The SMILES string of the molecule is O=C(O)CCCCCNC(=O)NCCN1CCOCC1. The molecule has 1 fully saturated rings. The third-order valence-electron chi connectivity index (χ3n) is 3.17. The number of aliphatic carboxylic acids is 1. The molecular weight excluding hydrogens is 262 g/mol. The van der Waals surface area contributed by atoms with E-state index in [9.17, 15) is 9.59 Å². The van der Waals surface area contributed by atoms with E-state index in [-0.39, 0.29) is 12.5 Å². The van der Waals surface area contributed by atoms with Crippen LogP contribution < -0.4 is 10.6 Å². The molecule has 1 heterocycles. The van der Waals surface area contributed by atoms with E-state index in [0.29, 0.717) is 19.5 Å². The summed E-state index contributed by atoms with van der Waals surface area (Å²) in [6.45, 7) is 5.44. The highest BCUT2D eigenvalue weighted by atomic mass is 16.5. The number of hydrogen-bond acceptors (Lipinski definition) is 4. The lowest BCUT2D eigenvalue weighted by molar-refractivity contribution is -0.137. The molecule has 0 spiro atoms. The quantitative estimate of drug-likeness (QED) is 0.529. The molecule has 0 aliphatic carbocycles. The first-order chi connectivity index (χ1) is 9.68. The highest BCUT2D eigenvalue weighted by molar-refractivity contribution is 5.73. The van der Waals surface area contributed by atoms with E-state index in [1.807, 2.05) is 0 Å². The first-order valence-corrected chi connectivity index (χ1v) is 7.22. The second-order valence-corrected chi connectivity index (χ2v) is 4.84. The molecule has 0 atom stereocenters. The molecule has 1 rings (SSSR count). The number of amides is 2. The number of carboxylic acids is 1. The molecule has 3 N–H and O–H groups in total. The summed E-state index contributed by atoms with van der Waals surface area (Å²) in [5, 5.41) is 14.1. The highest BCUT2D eigenvalue weighted by Crippen LogP contribution is 1.98. The lowest BCUT2D eigenvalue weighted by Gasteiger charge is -2.26. The van der Waals surface area contributed by atoms with Gasteiger partial charge in [-0.3, -0.25) is 9.69 Å². The van der Waals surface area contributed by atoms with Gasteiger partial charge in [-0.2, -0.15) is 0 Å². The summed E-state index contributed by atoms with van der Waals surface area (Å²) in [7, 11) is 0. The molecule has 7 heteroatoms. The van der Waals surface area contributed by atoms with Crippen LogP contribution >= 0.6 is 0 Å². The fourth-order valence-corrected chi connectivity index (χ4v) is 1.99. The predicted octanol–water partition coefficient (Wildman–Crippen LogP) is 0.263.